The Morgan fingerprint density at radius 2 is 2.27 bits per heavy atom. The first-order chi connectivity index (χ1) is 7.36. The van der Waals surface area contributed by atoms with Crippen molar-refractivity contribution in [1.82, 2.24) is 0 Å². The molecule has 0 aliphatic carbocycles. The topological polar surface area (TPSA) is 21.3 Å². The van der Waals surface area contributed by atoms with Gasteiger partial charge in [0.2, 0.25) is 0 Å². The van der Waals surface area contributed by atoms with Crippen molar-refractivity contribution in [2.75, 3.05) is 11.9 Å². The number of nitrogens with one attached hydrogen (secondary N) is 1. The molecule has 15 heavy (non-hydrogen) atoms. The van der Waals surface area contributed by atoms with Crippen LogP contribution in [0, 0.1) is 0 Å². The molecule has 0 spiro atoms. The minimum Gasteiger partial charge on any atom is -0.497 e. The van der Waals surface area contributed by atoms with Crippen molar-refractivity contribution in [3.05, 3.63) is 41.1 Å². The molecule has 3 heteroatoms. The fourth-order valence-corrected chi connectivity index (χ4v) is 1.99. The maximum Gasteiger partial charge on any atom is 0.115 e. The molecule has 1 aromatic carbocycles. The SMILES string of the molecule is Brc1ccccc1NCC1CCC=CO1. The normalized spacial score (nSPS) is 19.7. The van der Waals surface area contributed by atoms with Crippen LogP contribution in [0.25, 0.3) is 0 Å². The molecule has 0 aromatic heterocycles. The number of hydrogen-bond donors (Lipinski definition) is 1. The standard InChI is InChI=1S/C12H14BrNO/c13-11-6-1-2-7-12(11)14-9-10-5-3-4-8-15-10/h1-2,4,6-8,10,14H,3,5,9H2. The average Bonchev–Trinajstić information content (AvgIpc) is 2.29. The predicted molar refractivity (Wildman–Crippen MR) is 65.9 cm³/mol. The number of anilines is 1. The van der Waals surface area contributed by atoms with Gasteiger partial charge in [0.15, 0.2) is 0 Å². The third-order valence-electron chi connectivity index (χ3n) is 2.42. The summed E-state index contributed by atoms with van der Waals surface area (Å²) in [6.07, 6.45) is 6.36. The van der Waals surface area contributed by atoms with Crippen molar-refractivity contribution in [2.45, 2.75) is 18.9 Å². The number of para-hydroxylation sites is 1. The molecule has 1 atom stereocenters. The maximum absolute atomic E-state index is 5.48. The zero-order valence-corrected chi connectivity index (χ0v) is 10.0. The summed E-state index contributed by atoms with van der Waals surface area (Å²) in [7, 11) is 0. The number of ether oxygens (including phenoxy) is 1. The lowest BCUT2D eigenvalue weighted by Gasteiger charge is -2.20. The van der Waals surface area contributed by atoms with Crippen LogP contribution in [0.3, 0.4) is 0 Å². The molecule has 1 aliphatic heterocycles. The van der Waals surface area contributed by atoms with E-state index in [4.69, 9.17) is 4.74 Å². The summed E-state index contributed by atoms with van der Waals surface area (Å²) in [6.45, 7) is 0.854. The largest absolute Gasteiger partial charge is 0.497 e. The van der Waals surface area contributed by atoms with Gasteiger partial charge in [-0.05, 0) is 47.0 Å². The van der Waals surface area contributed by atoms with E-state index in [2.05, 4.69) is 33.4 Å². The van der Waals surface area contributed by atoms with Gasteiger partial charge < -0.3 is 10.1 Å². The summed E-state index contributed by atoms with van der Waals surface area (Å²) in [5, 5.41) is 3.38. The number of halogens is 1. The fraction of sp³-hybridized carbons (Fsp3) is 0.333. The van der Waals surface area contributed by atoms with Gasteiger partial charge in [0.05, 0.1) is 12.8 Å². The van der Waals surface area contributed by atoms with Crippen LogP contribution in [-0.2, 0) is 4.74 Å². The van der Waals surface area contributed by atoms with Crippen molar-refractivity contribution >= 4 is 21.6 Å². The van der Waals surface area contributed by atoms with Crippen LogP contribution in [0.2, 0.25) is 0 Å². The van der Waals surface area contributed by atoms with E-state index in [1.807, 2.05) is 18.2 Å². The number of rotatable bonds is 3. The third kappa shape index (κ3) is 2.99. The van der Waals surface area contributed by atoms with E-state index in [1.54, 1.807) is 6.26 Å². The second-order valence-corrected chi connectivity index (χ2v) is 4.42. The van der Waals surface area contributed by atoms with E-state index >= 15 is 0 Å². The zero-order chi connectivity index (χ0) is 10.5. The van der Waals surface area contributed by atoms with E-state index in [0.29, 0.717) is 6.10 Å². The molecule has 0 fully saturated rings. The number of benzene rings is 1. The van der Waals surface area contributed by atoms with Gasteiger partial charge in [-0.2, -0.15) is 0 Å². The van der Waals surface area contributed by atoms with Gasteiger partial charge in [-0.25, -0.2) is 0 Å². The van der Waals surface area contributed by atoms with E-state index in [-0.39, 0.29) is 0 Å². The molecule has 1 unspecified atom stereocenters. The summed E-state index contributed by atoms with van der Waals surface area (Å²) in [4.78, 5) is 0. The summed E-state index contributed by atoms with van der Waals surface area (Å²) >= 11 is 3.50. The maximum atomic E-state index is 5.48. The quantitative estimate of drug-likeness (QED) is 0.905. The first-order valence-electron chi connectivity index (χ1n) is 5.15. The lowest BCUT2D eigenvalue weighted by molar-refractivity contribution is 0.135. The Morgan fingerprint density at radius 3 is 3.00 bits per heavy atom. The Bertz CT molecular complexity index is 351. The van der Waals surface area contributed by atoms with Crippen LogP contribution >= 0.6 is 15.9 Å². The van der Waals surface area contributed by atoms with Crippen molar-refractivity contribution in [3.63, 3.8) is 0 Å². The van der Waals surface area contributed by atoms with Gasteiger partial charge in [-0.15, -0.1) is 0 Å². The van der Waals surface area contributed by atoms with Gasteiger partial charge in [-0.3, -0.25) is 0 Å². The summed E-state index contributed by atoms with van der Waals surface area (Å²) in [6, 6.07) is 8.12. The lowest BCUT2D eigenvalue weighted by atomic mass is 10.1. The van der Waals surface area contributed by atoms with Crippen LogP contribution in [0.5, 0.6) is 0 Å². The van der Waals surface area contributed by atoms with Crippen molar-refractivity contribution in [2.24, 2.45) is 0 Å². The van der Waals surface area contributed by atoms with E-state index in [0.717, 1.165) is 29.5 Å². The molecule has 0 saturated carbocycles. The molecule has 0 radical (unpaired) electrons. The van der Waals surface area contributed by atoms with Gasteiger partial charge in [0.25, 0.3) is 0 Å². The van der Waals surface area contributed by atoms with Crippen LogP contribution in [0.1, 0.15) is 12.8 Å². The van der Waals surface area contributed by atoms with Crippen LogP contribution in [0.15, 0.2) is 41.1 Å². The molecule has 0 saturated heterocycles. The van der Waals surface area contributed by atoms with Crippen LogP contribution in [-0.4, -0.2) is 12.6 Å². The predicted octanol–water partition coefficient (Wildman–Crippen LogP) is 3.55. The lowest BCUT2D eigenvalue weighted by Crippen LogP contribution is -2.23. The minimum absolute atomic E-state index is 0.294. The smallest absolute Gasteiger partial charge is 0.115 e. The molecule has 1 N–H and O–H groups in total. The Labute approximate surface area is 98.5 Å². The van der Waals surface area contributed by atoms with E-state index < -0.39 is 0 Å². The van der Waals surface area contributed by atoms with Crippen LogP contribution in [0.4, 0.5) is 5.69 Å². The van der Waals surface area contributed by atoms with Gasteiger partial charge in [-0.1, -0.05) is 12.1 Å². The highest BCUT2D eigenvalue weighted by molar-refractivity contribution is 9.10. The first kappa shape index (κ1) is 10.6. The Morgan fingerprint density at radius 1 is 1.40 bits per heavy atom. The summed E-state index contributed by atoms with van der Waals surface area (Å²) < 4.78 is 6.58. The number of allylic oxidation sites excluding steroid dienone is 1. The molecular weight excluding hydrogens is 254 g/mol. The first-order valence-corrected chi connectivity index (χ1v) is 5.94. The highest BCUT2D eigenvalue weighted by atomic mass is 79.9. The molecule has 0 bridgehead atoms. The Balaban J connectivity index is 1.87. The molecule has 2 rings (SSSR count). The average molecular weight is 268 g/mol. The van der Waals surface area contributed by atoms with Crippen molar-refractivity contribution < 1.29 is 4.74 Å². The van der Waals surface area contributed by atoms with Gasteiger partial charge in [0.1, 0.15) is 6.10 Å². The summed E-state index contributed by atoms with van der Waals surface area (Å²) in [5.74, 6) is 0. The van der Waals surface area contributed by atoms with Gasteiger partial charge in [0, 0.05) is 10.2 Å². The van der Waals surface area contributed by atoms with Crippen LogP contribution < -0.4 is 5.32 Å². The minimum atomic E-state index is 0.294. The zero-order valence-electron chi connectivity index (χ0n) is 8.45. The van der Waals surface area contributed by atoms with E-state index in [9.17, 15) is 0 Å². The van der Waals surface area contributed by atoms with Crippen molar-refractivity contribution in [1.29, 1.82) is 0 Å². The Hall–Kier alpha value is -0.960. The summed E-state index contributed by atoms with van der Waals surface area (Å²) in [5.41, 5.74) is 1.12. The van der Waals surface area contributed by atoms with E-state index in [1.165, 1.54) is 0 Å². The molecule has 0 amide bonds. The second kappa shape index (κ2) is 5.21. The number of hydrogen-bond acceptors (Lipinski definition) is 2. The molecule has 2 nitrogen and oxygen atoms in total. The highest BCUT2D eigenvalue weighted by Crippen LogP contribution is 2.21. The van der Waals surface area contributed by atoms with Crippen molar-refractivity contribution in [3.8, 4) is 0 Å². The molecule has 1 aromatic rings. The highest BCUT2D eigenvalue weighted by Gasteiger charge is 2.10. The monoisotopic (exact) mass is 267 g/mol. The molecule has 1 aliphatic rings. The second-order valence-electron chi connectivity index (χ2n) is 3.57. The molecular formula is C12H14BrNO. The molecule has 1 heterocycles. The third-order valence-corrected chi connectivity index (χ3v) is 3.11. The van der Waals surface area contributed by atoms with Gasteiger partial charge >= 0.3 is 0 Å². The Kier molecular flexibility index (Phi) is 3.67. The molecule has 80 valence electrons. The fourth-order valence-electron chi connectivity index (χ4n) is 1.56.